The Labute approximate surface area is 113 Å². The van der Waals surface area contributed by atoms with Gasteiger partial charge in [-0.1, -0.05) is 5.21 Å². The molecule has 4 saturated carbocycles. The first kappa shape index (κ1) is 11.8. The minimum absolute atomic E-state index is 0.446. The van der Waals surface area contributed by atoms with E-state index in [1.807, 2.05) is 0 Å². The van der Waals surface area contributed by atoms with Crippen molar-refractivity contribution in [3.8, 4) is 0 Å². The zero-order valence-electron chi connectivity index (χ0n) is 11.6. The van der Waals surface area contributed by atoms with Crippen LogP contribution in [-0.4, -0.2) is 20.6 Å². The number of rotatable bonds is 3. The summed E-state index contributed by atoms with van der Waals surface area (Å²) in [5.74, 6) is 3.56. The Balaban J connectivity index is 1.59. The molecule has 0 spiro atoms. The summed E-state index contributed by atoms with van der Waals surface area (Å²) in [6.45, 7) is 2.07. The van der Waals surface area contributed by atoms with Crippen LogP contribution in [0.1, 0.15) is 57.7 Å². The highest BCUT2D eigenvalue weighted by molar-refractivity contribution is 5.08. The Morgan fingerprint density at radius 3 is 2.26 bits per heavy atom. The van der Waals surface area contributed by atoms with E-state index in [1.54, 1.807) is 0 Å². The van der Waals surface area contributed by atoms with Crippen molar-refractivity contribution in [2.24, 2.45) is 28.9 Å². The van der Waals surface area contributed by atoms with Gasteiger partial charge in [0.15, 0.2) is 5.82 Å². The van der Waals surface area contributed by atoms with Gasteiger partial charge in [0.25, 0.3) is 0 Å². The molecule has 5 heteroatoms. The van der Waals surface area contributed by atoms with Crippen molar-refractivity contribution in [1.29, 1.82) is 0 Å². The van der Waals surface area contributed by atoms with Crippen LogP contribution >= 0.6 is 0 Å². The fourth-order valence-corrected chi connectivity index (χ4v) is 5.77. The van der Waals surface area contributed by atoms with Crippen LogP contribution < -0.4 is 5.73 Å². The van der Waals surface area contributed by atoms with Crippen LogP contribution in [0.15, 0.2) is 0 Å². The van der Waals surface area contributed by atoms with E-state index in [0.29, 0.717) is 11.2 Å². The van der Waals surface area contributed by atoms with Crippen LogP contribution in [-0.2, 0) is 5.54 Å². The zero-order valence-corrected chi connectivity index (χ0v) is 11.6. The first-order valence-corrected chi connectivity index (χ1v) is 7.58. The quantitative estimate of drug-likeness (QED) is 0.871. The second kappa shape index (κ2) is 3.78. The fourth-order valence-electron chi connectivity index (χ4n) is 5.77. The predicted octanol–water partition coefficient (Wildman–Crippen LogP) is 1.98. The monoisotopic (exact) mass is 261 g/mol. The number of aromatic nitrogens is 4. The predicted molar refractivity (Wildman–Crippen MR) is 70.9 cm³/mol. The molecule has 0 radical (unpaired) electrons. The van der Waals surface area contributed by atoms with Crippen molar-refractivity contribution in [2.45, 2.75) is 57.4 Å². The molecule has 0 amide bonds. The molecule has 1 heterocycles. The third kappa shape index (κ3) is 1.90. The number of hydrogen-bond donors (Lipinski definition) is 2. The number of nitrogens with zero attached hydrogens (tertiary/aromatic N) is 3. The molecule has 5 nitrogen and oxygen atoms in total. The maximum Gasteiger partial charge on any atom is 0.194 e. The van der Waals surface area contributed by atoms with Crippen LogP contribution in [0, 0.1) is 23.2 Å². The fraction of sp³-hybridized carbons (Fsp3) is 0.929. The minimum atomic E-state index is -0.446. The summed E-state index contributed by atoms with van der Waals surface area (Å²) in [5, 5.41) is 14.4. The van der Waals surface area contributed by atoms with Gasteiger partial charge >= 0.3 is 0 Å². The molecule has 0 aliphatic heterocycles. The normalized spacial score (nSPS) is 43.4. The maximum absolute atomic E-state index is 6.52. The van der Waals surface area contributed by atoms with Crippen molar-refractivity contribution >= 4 is 0 Å². The van der Waals surface area contributed by atoms with Crippen molar-refractivity contribution < 1.29 is 0 Å². The Bertz CT molecular complexity index is 429. The summed E-state index contributed by atoms with van der Waals surface area (Å²) >= 11 is 0. The van der Waals surface area contributed by atoms with E-state index in [-0.39, 0.29) is 0 Å². The van der Waals surface area contributed by atoms with E-state index >= 15 is 0 Å². The van der Waals surface area contributed by atoms with Gasteiger partial charge in [0.05, 0.1) is 5.54 Å². The van der Waals surface area contributed by atoms with Gasteiger partial charge in [-0.25, -0.2) is 0 Å². The lowest BCUT2D eigenvalue weighted by molar-refractivity contribution is -0.0680. The van der Waals surface area contributed by atoms with Crippen LogP contribution in [0.4, 0.5) is 0 Å². The van der Waals surface area contributed by atoms with Gasteiger partial charge < -0.3 is 5.73 Å². The molecule has 3 N–H and O–H groups in total. The second-order valence-corrected chi connectivity index (χ2v) is 7.75. The Morgan fingerprint density at radius 2 is 1.79 bits per heavy atom. The molecule has 1 aromatic heterocycles. The van der Waals surface area contributed by atoms with Gasteiger partial charge in [-0.05, 0) is 75.0 Å². The molecular formula is C14H23N5. The third-order valence-corrected chi connectivity index (χ3v) is 5.76. The summed E-state index contributed by atoms with van der Waals surface area (Å²) in [5.41, 5.74) is 6.53. The Hall–Kier alpha value is -0.970. The first-order valence-electron chi connectivity index (χ1n) is 7.58. The van der Waals surface area contributed by atoms with Crippen molar-refractivity contribution in [1.82, 2.24) is 20.6 Å². The Kier molecular flexibility index (Phi) is 2.35. The number of H-pyrrole nitrogens is 1. The van der Waals surface area contributed by atoms with Crippen LogP contribution in [0.2, 0.25) is 0 Å². The number of tetrazole rings is 1. The molecule has 0 aromatic carbocycles. The van der Waals surface area contributed by atoms with Gasteiger partial charge in [-0.3, -0.25) is 0 Å². The number of nitrogens with two attached hydrogens (primary N) is 1. The molecule has 4 aliphatic rings. The second-order valence-electron chi connectivity index (χ2n) is 7.75. The highest BCUT2D eigenvalue weighted by atomic mass is 15.5. The first-order chi connectivity index (χ1) is 9.05. The van der Waals surface area contributed by atoms with Gasteiger partial charge in [-0.15, -0.1) is 10.2 Å². The molecule has 1 atom stereocenters. The highest BCUT2D eigenvalue weighted by Gasteiger charge is 2.53. The average Bonchev–Trinajstić information content (AvgIpc) is 2.78. The summed E-state index contributed by atoms with van der Waals surface area (Å²) < 4.78 is 0. The van der Waals surface area contributed by atoms with E-state index in [9.17, 15) is 0 Å². The van der Waals surface area contributed by atoms with Crippen molar-refractivity contribution in [3.63, 3.8) is 0 Å². The third-order valence-electron chi connectivity index (χ3n) is 5.76. The summed E-state index contributed by atoms with van der Waals surface area (Å²) in [4.78, 5) is 0. The summed E-state index contributed by atoms with van der Waals surface area (Å²) in [7, 11) is 0. The number of hydrogen-bond acceptors (Lipinski definition) is 4. The molecule has 1 aromatic rings. The lowest BCUT2D eigenvalue weighted by Gasteiger charge is -2.58. The molecule has 4 aliphatic carbocycles. The summed E-state index contributed by atoms with van der Waals surface area (Å²) in [6, 6.07) is 0. The number of nitrogens with one attached hydrogen (secondary N) is 1. The van der Waals surface area contributed by atoms with E-state index in [2.05, 4.69) is 27.5 Å². The molecule has 19 heavy (non-hydrogen) atoms. The van der Waals surface area contributed by atoms with E-state index in [1.165, 1.54) is 38.5 Å². The van der Waals surface area contributed by atoms with Crippen LogP contribution in [0.3, 0.4) is 0 Å². The molecule has 4 bridgehead atoms. The smallest absolute Gasteiger partial charge is 0.194 e. The number of aromatic amines is 1. The minimum Gasteiger partial charge on any atom is -0.319 e. The molecule has 1 unspecified atom stereocenters. The molecule has 4 fully saturated rings. The van der Waals surface area contributed by atoms with Gasteiger partial charge in [0.1, 0.15) is 0 Å². The van der Waals surface area contributed by atoms with Gasteiger partial charge in [0, 0.05) is 0 Å². The summed E-state index contributed by atoms with van der Waals surface area (Å²) in [6.07, 6.45) is 9.58. The lowest BCUT2D eigenvalue weighted by Crippen LogP contribution is -2.50. The highest BCUT2D eigenvalue weighted by Crippen LogP contribution is 2.62. The molecule has 0 saturated heterocycles. The largest absolute Gasteiger partial charge is 0.319 e. The lowest BCUT2D eigenvalue weighted by atomic mass is 9.47. The average molecular weight is 261 g/mol. The van der Waals surface area contributed by atoms with E-state index in [0.717, 1.165) is 24.2 Å². The zero-order chi connectivity index (χ0) is 13.1. The molecule has 5 rings (SSSR count). The standard InChI is InChI=1S/C14H23N5/c1-13(15,12-16-18-19-17-12)8-14-5-9-2-10(6-14)4-11(3-9)7-14/h9-11H,2-8,15H2,1H3,(H,16,17,18,19). The molecule has 104 valence electrons. The van der Waals surface area contributed by atoms with Crippen LogP contribution in [0.25, 0.3) is 0 Å². The topological polar surface area (TPSA) is 80.5 Å². The van der Waals surface area contributed by atoms with Crippen molar-refractivity contribution in [3.05, 3.63) is 5.82 Å². The van der Waals surface area contributed by atoms with Gasteiger partial charge in [0.2, 0.25) is 0 Å². The van der Waals surface area contributed by atoms with Crippen molar-refractivity contribution in [2.75, 3.05) is 0 Å². The van der Waals surface area contributed by atoms with E-state index in [4.69, 9.17) is 5.73 Å². The molecular weight excluding hydrogens is 238 g/mol. The SMILES string of the molecule is CC(N)(CC12CC3CC(CC(C3)C1)C2)c1nn[nH]n1. The maximum atomic E-state index is 6.52. The van der Waals surface area contributed by atoms with E-state index < -0.39 is 5.54 Å². The van der Waals surface area contributed by atoms with Gasteiger partial charge in [-0.2, -0.15) is 5.21 Å². The van der Waals surface area contributed by atoms with Crippen LogP contribution in [0.5, 0.6) is 0 Å². The Morgan fingerprint density at radius 1 is 1.21 bits per heavy atom.